The Bertz CT molecular complexity index is 117. The molecule has 0 spiro atoms. The van der Waals surface area contributed by atoms with Gasteiger partial charge in [0.15, 0.2) is 0 Å². The maximum atomic E-state index is 7.20. The minimum atomic E-state index is -0.908. The van der Waals surface area contributed by atoms with E-state index in [-0.39, 0.29) is 0 Å². The van der Waals surface area contributed by atoms with Crippen molar-refractivity contribution in [3.8, 4) is 0 Å². The van der Waals surface area contributed by atoms with Crippen LogP contribution < -0.4 is 0 Å². The summed E-state index contributed by atoms with van der Waals surface area (Å²) in [6.07, 6.45) is 0. The lowest BCUT2D eigenvalue weighted by Gasteiger charge is -2.12. The summed E-state index contributed by atoms with van der Waals surface area (Å²) in [4.78, 5) is 0. The van der Waals surface area contributed by atoms with Gasteiger partial charge in [0.1, 0.15) is 0 Å². The van der Waals surface area contributed by atoms with Crippen molar-refractivity contribution in [3.63, 3.8) is 0 Å². The molecule has 0 radical (unpaired) electrons. The molecule has 0 saturated carbocycles. The van der Waals surface area contributed by atoms with E-state index in [0.29, 0.717) is 18.3 Å². The monoisotopic (exact) mass is 195 g/mol. The van der Waals surface area contributed by atoms with Crippen LogP contribution in [0.3, 0.4) is 0 Å². The van der Waals surface area contributed by atoms with E-state index in [9.17, 15) is 0 Å². The Morgan fingerprint density at radius 3 is 2.09 bits per heavy atom. The molecule has 0 aromatic carbocycles. The fraction of sp³-hybridized carbons (Fsp3) is 0.833. The highest BCUT2D eigenvalue weighted by Gasteiger charge is 2.10. The molecule has 5 heteroatoms. The summed E-state index contributed by atoms with van der Waals surface area (Å²) in [6.45, 7) is 6.87. The summed E-state index contributed by atoms with van der Waals surface area (Å²) in [5, 5.41) is 7.74. The lowest BCUT2D eigenvalue weighted by atomic mass is 10.9. The molecule has 0 rings (SSSR count). The van der Waals surface area contributed by atoms with Crippen molar-refractivity contribution in [1.29, 1.82) is 5.41 Å². The van der Waals surface area contributed by atoms with Crippen molar-refractivity contribution in [3.05, 3.63) is 0 Å². The predicted molar refractivity (Wildman–Crippen MR) is 51.2 cm³/mol. The molecule has 0 atom stereocenters. The first-order chi connectivity index (χ1) is 5.20. The van der Waals surface area contributed by atoms with Crippen LogP contribution in [0.1, 0.15) is 20.8 Å². The van der Waals surface area contributed by atoms with Gasteiger partial charge in [-0.15, -0.1) is 0 Å². The molecule has 0 saturated heterocycles. The molecule has 0 aromatic rings. The lowest BCUT2D eigenvalue weighted by molar-refractivity contribution is 0.283. The van der Waals surface area contributed by atoms with Gasteiger partial charge in [-0.2, -0.15) is 0 Å². The van der Waals surface area contributed by atoms with Crippen LogP contribution in [0.5, 0.6) is 0 Å². The van der Waals surface area contributed by atoms with Crippen LogP contribution >= 0.6 is 19.0 Å². The zero-order chi connectivity index (χ0) is 8.69. The summed E-state index contributed by atoms with van der Waals surface area (Å²) < 4.78 is 10.5. The van der Waals surface area contributed by atoms with E-state index in [4.69, 9.17) is 14.5 Å². The molecule has 0 fully saturated rings. The molecule has 0 bridgehead atoms. The van der Waals surface area contributed by atoms with E-state index in [0.717, 1.165) is 0 Å². The van der Waals surface area contributed by atoms with Crippen LogP contribution in [0.2, 0.25) is 0 Å². The second-order valence-electron chi connectivity index (χ2n) is 1.71. The maximum Gasteiger partial charge on any atom is 0.244 e. The molecular formula is C6H14NO2PS. The summed E-state index contributed by atoms with van der Waals surface area (Å²) in [6, 6.07) is 0. The first kappa shape index (κ1) is 11.4. The highest BCUT2D eigenvalue weighted by atomic mass is 32.7. The first-order valence-corrected chi connectivity index (χ1v) is 6.09. The maximum absolute atomic E-state index is 7.20. The zero-order valence-electron chi connectivity index (χ0n) is 7.09. The van der Waals surface area contributed by atoms with E-state index in [1.807, 2.05) is 13.8 Å². The van der Waals surface area contributed by atoms with Gasteiger partial charge in [0.25, 0.3) is 0 Å². The standard InChI is InChI=1S/C6H14NO2PS/c1-4-8-10(9-5-2)11-6(3)7/h7H,4-5H2,1-3H3. The van der Waals surface area contributed by atoms with Crippen LogP contribution in [0.25, 0.3) is 0 Å². The lowest BCUT2D eigenvalue weighted by Crippen LogP contribution is -1.89. The second-order valence-corrected chi connectivity index (χ2v) is 4.91. The molecule has 0 amide bonds. The highest BCUT2D eigenvalue weighted by Crippen LogP contribution is 2.51. The van der Waals surface area contributed by atoms with Gasteiger partial charge in [-0.05, 0) is 32.2 Å². The van der Waals surface area contributed by atoms with E-state index >= 15 is 0 Å². The molecule has 0 heterocycles. The predicted octanol–water partition coefficient (Wildman–Crippen LogP) is 3.02. The Balaban J connectivity index is 3.59. The molecule has 3 nitrogen and oxygen atoms in total. The zero-order valence-corrected chi connectivity index (χ0v) is 8.80. The van der Waals surface area contributed by atoms with E-state index < -0.39 is 7.58 Å². The van der Waals surface area contributed by atoms with Crippen molar-refractivity contribution < 1.29 is 9.05 Å². The van der Waals surface area contributed by atoms with E-state index in [2.05, 4.69) is 0 Å². The summed E-state index contributed by atoms with van der Waals surface area (Å²) in [5.74, 6) is 0. The number of hydrogen-bond donors (Lipinski definition) is 1. The van der Waals surface area contributed by atoms with Crippen LogP contribution in [0.4, 0.5) is 0 Å². The van der Waals surface area contributed by atoms with Gasteiger partial charge in [-0.3, -0.25) is 5.41 Å². The topological polar surface area (TPSA) is 42.3 Å². The van der Waals surface area contributed by atoms with Crippen molar-refractivity contribution >= 4 is 24.0 Å². The fourth-order valence-electron chi connectivity index (χ4n) is 0.413. The Morgan fingerprint density at radius 2 is 1.82 bits per heavy atom. The molecular weight excluding hydrogens is 181 g/mol. The van der Waals surface area contributed by atoms with Gasteiger partial charge in [0.2, 0.25) is 7.58 Å². The molecule has 66 valence electrons. The molecule has 1 N–H and O–H groups in total. The Kier molecular flexibility index (Phi) is 7.28. The molecule has 0 aliphatic rings. The number of rotatable bonds is 5. The third-order valence-corrected chi connectivity index (χ3v) is 3.94. The van der Waals surface area contributed by atoms with Crippen molar-refractivity contribution in [2.45, 2.75) is 20.8 Å². The molecule has 0 unspecified atom stereocenters. The molecule has 0 aliphatic carbocycles. The third kappa shape index (κ3) is 6.76. The van der Waals surface area contributed by atoms with Gasteiger partial charge in [0.05, 0.1) is 18.3 Å². The Labute approximate surface area is 73.0 Å². The van der Waals surface area contributed by atoms with Crippen LogP contribution in [-0.2, 0) is 9.05 Å². The number of nitrogens with one attached hydrogen (secondary N) is 1. The summed E-state index contributed by atoms with van der Waals surface area (Å²) in [7, 11) is -0.908. The third-order valence-electron chi connectivity index (χ3n) is 0.680. The summed E-state index contributed by atoms with van der Waals surface area (Å²) >= 11 is 1.35. The summed E-state index contributed by atoms with van der Waals surface area (Å²) in [5.41, 5.74) is 0. The van der Waals surface area contributed by atoms with Gasteiger partial charge in [-0.1, -0.05) is 0 Å². The van der Waals surface area contributed by atoms with E-state index in [1.54, 1.807) is 6.92 Å². The SMILES string of the molecule is CCOP(OCC)SC(C)=N. The molecule has 0 aliphatic heterocycles. The van der Waals surface area contributed by atoms with Crippen LogP contribution in [0, 0.1) is 5.41 Å². The van der Waals surface area contributed by atoms with Crippen LogP contribution in [-0.4, -0.2) is 18.3 Å². The Morgan fingerprint density at radius 1 is 1.36 bits per heavy atom. The van der Waals surface area contributed by atoms with Gasteiger partial charge >= 0.3 is 0 Å². The van der Waals surface area contributed by atoms with Crippen molar-refractivity contribution in [2.24, 2.45) is 0 Å². The minimum absolute atomic E-state index is 0.540. The first-order valence-electron chi connectivity index (χ1n) is 3.49. The average molecular weight is 195 g/mol. The van der Waals surface area contributed by atoms with Gasteiger partial charge in [-0.25, -0.2) is 0 Å². The smallest absolute Gasteiger partial charge is 0.244 e. The van der Waals surface area contributed by atoms with Gasteiger partial charge in [0, 0.05) is 0 Å². The Hall–Kier alpha value is 0.370. The largest absolute Gasteiger partial charge is 0.326 e. The fourth-order valence-corrected chi connectivity index (χ4v) is 2.86. The molecule has 0 aromatic heterocycles. The van der Waals surface area contributed by atoms with Crippen molar-refractivity contribution in [2.75, 3.05) is 13.2 Å². The normalized spacial score (nSPS) is 10.5. The highest BCUT2D eigenvalue weighted by molar-refractivity contribution is 8.60. The van der Waals surface area contributed by atoms with Crippen molar-refractivity contribution in [1.82, 2.24) is 0 Å². The quantitative estimate of drug-likeness (QED) is 0.416. The van der Waals surface area contributed by atoms with Gasteiger partial charge < -0.3 is 9.05 Å². The van der Waals surface area contributed by atoms with Crippen LogP contribution in [0.15, 0.2) is 0 Å². The number of hydrogen-bond acceptors (Lipinski definition) is 4. The minimum Gasteiger partial charge on any atom is -0.326 e. The molecule has 11 heavy (non-hydrogen) atoms. The second kappa shape index (κ2) is 7.04. The average Bonchev–Trinajstić information content (AvgIpc) is 1.87. The van der Waals surface area contributed by atoms with E-state index in [1.165, 1.54) is 11.4 Å².